The lowest BCUT2D eigenvalue weighted by molar-refractivity contribution is -0.386. The zero-order valence-corrected chi connectivity index (χ0v) is 11.8. The molecule has 0 spiro atoms. The summed E-state index contributed by atoms with van der Waals surface area (Å²) in [7, 11) is 1.63. The number of nitro benzene ring substituents is 1. The van der Waals surface area contributed by atoms with Crippen LogP contribution in [0, 0.1) is 10.1 Å². The smallest absolute Gasteiger partial charge is 0.311 e. The van der Waals surface area contributed by atoms with E-state index in [1.807, 2.05) is 6.92 Å². The van der Waals surface area contributed by atoms with Crippen LogP contribution < -0.4 is 10.1 Å². The summed E-state index contributed by atoms with van der Waals surface area (Å²) in [5.41, 5.74) is 0.753. The second-order valence-corrected chi connectivity index (χ2v) is 4.32. The Balaban J connectivity index is 2.12. The normalized spacial score (nSPS) is 10.6. The highest BCUT2D eigenvalue weighted by Crippen LogP contribution is 2.28. The van der Waals surface area contributed by atoms with Gasteiger partial charge in [-0.2, -0.15) is 4.80 Å². The van der Waals surface area contributed by atoms with E-state index in [2.05, 4.69) is 20.7 Å². The van der Waals surface area contributed by atoms with Gasteiger partial charge in [0, 0.05) is 12.6 Å². The number of tetrazole rings is 1. The Morgan fingerprint density at radius 1 is 1.48 bits per heavy atom. The van der Waals surface area contributed by atoms with Gasteiger partial charge in [-0.05, 0) is 23.4 Å². The Bertz CT molecular complexity index is 627. The first-order valence-corrected chi connectivity index (χ1v) is 6.44. The van der Waals surface area contributed by atoms with Gasteiger partial charge < -0.3 is 10.1 Å². The van der Waals surface area contributed by atoms with E-state index in [1.165, 1.54) is 10.9 Å². The molecule has 0 radical (unpaired) electrons. The van der Waals surface area contributed by atoms with E-state index < -0.39 is 4.92 Å². The molecule has 0 unspecified atom stereocenters. The number of aromatic nitrogens is 4. The SMILES string of the molecule is CCNCc1ccc(OCc2nnn(C)n2)c([N+](=O)[O-])c1. The minimum Gasteiger partial charge on any atom is -0.478 e. The van der Waals surface area contributed by atoms with E-state index in [0.717, 1.165) is 12.1 Å². The fourth-order valence-electron chi connectivity index (χ4n) is 1.73. The highest BCUT2D eigenvalue weighted by molar-refractivity contribution is 5.48. The van der Waals surface area contributed by atoms with Crippen molar-refractivity contribution in [2.75, 3.05) is 6.54 Å². The highest BCUT2D eigenvalue weighted by atomic mass is 16.6. The molecule has 1 heterocycles. The molecule has 112 valence electrons. The average molecular weight is 292 g/mol. The first-order chi connectivity index (χ1) is 10.1. The van der Waals surface area contributed by atoms with Crippen molar-refractivity contribution in [1.82, 2.24) is 25.5 Å². The lowest BCUT2D eigenvalue weighted by Crippen LogP contribution is -2.12. The zero-order chi connectivity index (χ0) is 15.2. The molecule has 9 heteroatoms. The summed E-state index contributed by atoms with van der Waals surface area (Å²) in [6.07, 6.45) is 0. The maximum Gasteiger partial charge on any atom is 0.311 e. The third-order valence-electron chi connectivity index (χ3n) is 2.71. The first-order valence-electron chi connectivity index (χ1n) is 6.44. The summed E-state index contributed by atoms with van der Waals surface area (Å²) in [5.74, 6) is 0.552. The maximum absolute atomic E-state index is 11.1. The van der Waals surface area contributed by atoms with Crippen LogP contribution in [0.25, 0.3) is 0 Å². The minimum atomic E-state index is -0.463. The number of hydrogen-bond acceptors (Lipinski definition) is 7. The first kappa shape index (κ1) is 14.9. The van der Waals surface area contributed by atoms with Gasteiger partial charge in [0.25, 0.3) is 0 Å². The Hall–Kier alpha value is -2.55. The van der Waals surface area contributed by atoms with Crippen molar-refractivity contribution >= 4 is 5.69 Å². The molecule has 9 nitrogen and oxygen atoms in total. The van der Waals surface area contributed by atoms with Crippen LogP contribution in [0.15, 0.2) is 18.2 Å². The van der Waals surface area contributed by atoms with Crippen LogP contribution >= 0.6 is 0 Å². The molecule has 1 N–H and O–H groups in total. The molecule has 0 aliphatic carbocycles. The summed E-state index contributed by atoms with van der Waals surface area (Å²) < 4.78 is 5.42. The fraction of sp³-hybridized carbons (Fsp3) is 0.417. The molecule has 21 heavy (non-hydrogen) atoms. The molecule has 1 aromatic heterocycles. The molecule has 0 atom stereocenters. The second kappa shape index (κ2) is 6.75. The largest absolute Gasteiger partial charge is 0.478 e. The molecule has 2 aromatic rings. The highest BCUT2D eigenvalue weighted by Gasteiger charge is 2.16. The maximum atomic E-state index is 11.1. The topological polar surface area (TPSA) is 108 Å². The average Bonchev–Trinajstić information content (AvgIpc) is 2.88. The number of nitrogens with one attached hydrogen (secondary N) is 1. The standard InChI is InChI=1S/C12H16N6O3/c1-3-13-7-9-4-5-11(10(6-9)18(19)20)21-8-12-14-16-17(2)15-12/h4-6,13H,3,7-8H2,1-2H3. The van der Waals surface area contributed by atoms with Crippen LogP contribution in [-0.4, -0.2) is 31.7 Å². The van der Waals surface area contributed by atoms with E-state index in [1.54, 1.807) is 19.2 Å². The van der Waals surface area contributed by atoms with Crippen molar-refractivity contribution in [2.45, 2.75) is 20.1 Å². The molecule has 0 aliphatic rings. The Kier molecular flexibility index (Phi) is 4.77. The summed E-state index contributed by atoms with van der Waals surface area (Å²) in [4.78, 5) is 12.0. The van der Waals surface area contributed by atoms with Crippen molar-refractivity contribution in [3.63, 3.8) is 0 Å². The van der Waals surface area contributed by atoms with Gasteiger partial charge in [0.15, 0.2) is 12.4 Å². The van der Waals surface area contributed by atoms with Gasteiger partial charge in [-0.3, -0.25) is 10.1 Å². The molecule has 1 aromatic carbocycles. The van der Waals surface area contributed by atoms with E-state index in [9.17, 15) is 10.1 Å². The van der Waals surface area contributed by atoms with Gasteiger partial charge in [-0.15, -0.1) is 10.2 Å². The van der Waals surface area contributed by atoms with Gasteiger partial charge in [-0.1, -0.05) is 13.0 Å². The van der Waals surface area contributed by atoms with Gasteiger partial charge >= 0.3 is 5.69 Å². The molecule has 0 amide bonds. The quantitative estimate of drug-likeness (QED) is 0.594. The van der Waals surface area contributed by atoms with Crippen molar-refractivity contribution in [1.29, 1.82) is 0 Å². The van der Waals surface area contributed by atoms with Crippen molar-refractivity contribution in [3.05, 3.63) is 39.7 Å². The van der Waals surface area contributed by atoms with Gasteiger partial charge in [-0.25, -0.2) is 0 Å². The zero-order valence-electron chi connectivity index (χ0n) is 11.8. The fourth-order valence-corrected chi connectivity index (χ4v) is 1.73. The predicted molar refractivity (Wildman–Crippen MR) is 73.6 cm³/mol. The number of ether oxygens (including phenoxy) is 1. The van der Waals surface area contributed by atoms with Crippen LogP contribution in [0.5, 0.6) is 5.75 Å². The van der Waals surface area contributed by atoms with Crippen LogP contribution in [0.1, 0.15) is 18.3 Å². The number of aryl methyl sites for hydroxylation is 1. The van der Waals surface area contributed by atoms with Crippen molar-refractivity contribution < 1.29 is 9.66 Å². The number of rotatable bonds is 7. The van der Waals surface area contributed by atoms with Gasteiger partial charge in [0.05, 0.1) is 12.0 Å². The molecule has 0 bridgehead atoms. The van der Waals surface area contributed by atoms with Crippen molar-refractivity contribution in [3.8, 4) is 5.75 Å². The van der Waals surface area contributed by atoms with Gasteiger partial charge in [0.1, 0.15) is 0 Å². The lowest BCUT2D eigenvalue weighted by atomic mass is 10.2. The summed E-state index contributed by atoms with van der Waals surface area (Å²) in [6.45, 7) is 3.37. The molecule has 0 aliphatic heterocycles. The van der Waals surface area contributed by atoms with Gasteiger partial charge in [0.2, 0.25) is 5.82 Å². The van der Waals surface area contributed by atoms with E-state index in [4.69, 9.17) is 4.74 Å². The Labute approximate surface area is 121 Å². The van der Waals surface area contributed by atoms with E-state index in [-0.39, 0.29) is 18.0 Å². The predicted octanol–water partition coefficient (Wildman–Crippen LogP) is 0.807. The summed E-state index contributed by atoms with van der Waals surface area (Å²) in [5, 5.41) is 25.6. The van der Waals surface area contributed by atoms with Crippen LogP contribution in [-0.2, 0) is 20.2 Å². The monoisotopic (exact) mass is 292 g/mol. The molecular weight excluding hydrogens is 276 g/mol. The second-order valence-electron chi connectivity index (χ2n) is 4.32. The Morgan fingerprint density at radius 2 is 2.29 bits per heavy atom. The third-order valence-corrected chi connectivity index (χ3v) is 2.71. The third kappa shape index (κ3) is 3.96. The van der Waals surface area contributed by atoms with E-state index in [0.29, 0.717) is 12.4 Å². The number of hydrogen-bond donors (Lipinski definition) is 1. The summed E-state index contributed by atoms with van der Waals surface area (Å²) >= 11 is 0. The van der Waals surface area contributed by atoms with Crippen LogP contribution in [0.3, 0.4) is 0 Å². The summed E-state index contributed by atoms with van der Waals surface area (Å²) in [6, 6.07) is 4.87. The van der Waals surface area contributed by atoms with Crippen LogP contribution in [0.4, 0.5) is 5.69 Å². The van der Waals surface area contributed by atoms with Crippen LogP contribution in [0.2, 0.25) is 0 Å². The van der Waals surface area contributed by atoms with E-state index >= 15 is 0 Å². The number of nitro groups is 1. The minimum absolute atomic E-state index is 0.0290. The van der Waals surface area contributed by atoms with Crippen molar-refractivity contribution in [2.24, 2.45) is 7.05 Å². The Morgan fingerprint density at radius 3 is 2.90 bits per heavy atom. The molecule has 0 fully saturated rings. The number of nitrogens with zero attached hydrogens (tertiary/aromatic N) is 5. The molecule has 0 saturated heterocycles. The molecule has 0 saturated carbocycles. The number of benzene rings is 1. The molecular formula is C12H16N6O3. The molecule has 2 rings (SSSR count). The lowest BCUT2D eigenvalue weighted by Gasteiger charge is -2.07.